The molecule has 0 saturated carbocycles. The van der Waals surface area contributed by atoms with E-state index in [1.807, 2.05) is 48.0 Å². The predicted molar refractivity (Wildman–Crippen MR) is 107 cm³/mol. The Morgan fingerprint density at radius 2 is 1.81 bits per heavy atom. The Hall–Kier alpha value is -2.04. The van der Waals surface area contributed by atoms with Crippen LogP contribution in [0.4, 0.5) is 15.3 Å². The van der Waals surface area contributed by atoms with Crippen LogP contribution in [0.1, 0.15) is 31.9 Å². The number of nitrogens with zero attached hydrogens (tertiary/aromatic N) is 3. The van der Waals surface area contributed by atoms with Gasteiger partial charge in [-0.15, -0.1) is 0 Å². The molecule has 0 unspecified atom stereocenters. The summed E-state index contributed by atoms with van der Waals surface area (Å²) in [4.78, 5) is 31.0. The van der Waals surface area contributed by atoms with Crippen LogP contribution in [0.2, 0.25) is 0 Å². The molecule has 0 aromatic heterocycles. The second-order valence-electron chi connectivity index (χ2n) is 8.51. The molecule has 2 rings (SSSR count). The van der Waals surface area contributed by atoms with Gasteiger partial charge in [0, 0.05) is 29.7 Å². The van der Waals surface area contributed by atoms with Gasteiger partial charge in [0.2, 0.25) is 5.69 Å². The fraction of sp³-hybridized carbons (Fsp3) is 0.550. The summed E-state index contributed by atoms with van der Waals surface area (Å²) in [5.74, 6) is 0. The molecule has 0 N–H and O–H groups in total. The van der Waals surface area contributed by atoms with Crippen LogP contribution in [0, 0.1) is 6.57 Å². The molecule has 0 spiro atoms. The number of thioether (sulfide) groups is 1. The summed E-state index contributed by atoms with van der Waals surface area (Å²) in [6.45, 7) is 14.1. The topological polar surface area (TPSA) is 51.0 Å². The van der Waals surface area contributed by atoms with Crippen molar-refractivity contribution in [2.75, 3.05) is 34.2 Å². The number of ether oxygens (including phenoxy) is 1. The lowest BCUT2D eigenvalue weighted by atomic mass is 10.0. The van der Waals surface area contributed by atoms with Crippen LogP contribution in [0.25, 0.3) is 4.85 Å². The molecule has 7 heteroatoms. The van der Waals surface area contributed by atoms with Gasteiger partial charge in [-0.2, -0.15) is 0 Å². The third kappa shape index (κ3) is 5.47. The molecule has 27 heavy (non-hydrogen) atoms. The maximum atomic E-state index is 12.6. The number of amides is 2. The summed E-state index contributed by atoms with van der Waals surface area (Å²) in [5.41, 5.74) is 2.05. The Bertz CT molecular complexity index is 785. The minimum Gasteiger partial charge on any atom is -0.444 e. The molecule has 1 aromatic carbocycles. The number of rotatable bonds is 1. The molecule has 0 atom stereocenters. The SMILES string of the molecule is [C-]#[N+]c1ccc2c(c1SC(=O)[N+](C)(C)C)CCN(C(=O)OC(C)(C)C)CC2. The normalized spacial score (nSPS) is 14.8. The van der Waals surface area contributed by atoms with Gasteiger partial charge >= 0.3 is 11.3 Å². The van der Waals surface area contributed by atoms with Gasteiger partial charge in [0.15, 0.2) is 0 Å². The first kappa shape index (κ1) is 21.3. The second-order valence-corrected chi connectivity index (χ2v) is 9.47. The van der Waals surface area contributed by atoms with Crippen molar-refractivity contribution in [3.05, 3.63) is 34.7 Å². The van der Waals surface area contributed by atoms with Crippen LogP contribution in [0.15, 0.2) is 17.0 Å². The number of carbonyl (C=O) groups excluding carboxylic acids is 2. The largest absolute Gasteiger partial charge is 0.444 e. The van der Waals surface area contributed by atoms with Gasteiger partial charge in [-0.3, -0.25) is 4.48 Å². The van der Waals surface area contributed by atoms with Gasteiger partial charge in [0.1, 0.15) is 5.60 Å². The zero-order valence-corrected chi connectivity index (χ0v) is 17.8. The van der Waals surface area contributed by atoms with Crippen molar-refractivity contribution in [3.8, 4) is 0 Å². The van der Waals surface area contributed by atoms with Crippen LogP contribution < -0.4 is 0 Å². The van der Waals surface area contributed by atoms with Crippen LogP contribution in [0.5, 0.6) is 0 Å². The first-order valence-corrected chi connectivity index (χ1v) is 9.78. The van der Waals surface area contributed by atoms with E-state index < -0.39 is 5.60 Å². The monoisotopic (exact) mass is 390 g/mol. The van der Waals surface area contributed by atoms with E-state index in [1.54, 1.807) is 11.0 Å². The highest BCUT2D eigenvalue weighted by Crippen LogP contribution is 2.38. The summed E-state index contributed by atoms with van der Waals surface area (Å²) in [5, 5.41) is -0.0263. The third-order valence-electron chi connectivity index (χ3n) is 4.13. The summed E-state index contributed by atoms with van der Waals surface area (Å²) < 4.78 is 5.67. The zero-order chi connectivity index (χ0) is 20.4. The van der Waals surface area contributed by atoms with Gasteiger partial charge in [0.25, 0.3) is 0 Å². The van der Waals surface area contributed by atoms with E-state index in [0.29, 0.717) is 31.6 Å². The van der Waals surface area contributed by atoms with E-state index in [1.165, 1.54) is 0 Å². The highest BCUT2D eigenvalue weighted by Gasteiger charge is 2.29. The molecule has 0 fully saturated rings. The second kappa shape index (κ2) is 7.91. The molecule has 2 amide bonds. The first-order chi connectivity index (χ1) is 12.4. The molecule has 0 aliphatic carbocycles. The minimum atomic E-state index is -0.536. The maximum absolute atomic E-state index is 12.6. The standard InChI is InChI=1S/C20H28N3O3S/c1-20(2,3)26-18(24)22-12-10-14-8-9-16(21-4)17(15(14)11-13-22)27-19(25)23(5,6)7/h8-9H,10-13H2,1-3,5-7H3/q+1. The number of fused-ring (bicyclic) bond motifs is 1. The Labute approximate surface area is 165 Å². The van der Waals surface area contributed by atoms with Gasteiger partial charge in [-0.05, 0) is 44.7 Å². The van der Waals surface area contributed by atoms with Gasteiger partial charge in [0.05, 0.1) is 27.7 Å². The molecule has 0 bridgehead atoms. The zero-order valence-electron chi connectivity index (χ0n) is 17.0. The smallest absolute Gasteiger partial charge is 0.410 e. The minimum absolute atomic E-state index is 0.0263. The van der Waals surface area contributed by atoms with E-state index >= 15 is 0 Å². The number of quaternary nitrogens is 1. The molecular formula is C20H28N3O3S+. The van der Waals surface area contributed by atoms with E-state index in [-0.39, 0.29) is 15.8 Å². The molecule has 1 aliphatic heterocycles. The van der Waals surface area contributed by atoms with Crippen molar-refractivity contribution in [2.24, 2.45) is 0 Å². The van der Waals surface area contributed by atoms with Gasteiger partial charge in [-0.25, -0.2) is 14.4 Å². The number of hydrogen-bond acceptors (Lipinski definition) is 4. The lowest BCUT2D eigenvalue weighted by molar-refractivity contribution is -0.779. The highest BCUT2D eigenvalue weighted by atomic mass is 32.2. The number of hydrogen-bond donors (Lipinski definition) is 0. The maximum Gasteiger partial charge on any atom is 0.410 e. The fourth-order valence-corrected chi connectivity index (χ4v) is 3.74. The lowest BCUT2D eigenvalue weighted by Gasteiger charge is -2.26. The molecular weight excluding hydrogens is 362 g/mol. The van der Waals surface area contributed by atoms with Crippen LogP contribution >= 0.6 is 11.8 Å². The third-order valence-corrected chi connectivity index (χ3v) is 5.51. The van der Waals surface area contributed by atoms with Crippen LogP contribution in [0.3, 0.4) is 0 Å². The molecule has 0 saturated heterocycles. The van der Waals surface area contributed by atoms with Crippen molar-refractivity contribution in [2.45, 2.75) is 44.1 Å². The van der Waals surface area contributed by atoms with Crippen LogP contribution in [-0.4, -0.2) is 60.5 Å². The Morgan fingerprint density at radius 1 is 1.19 bits per heavy atom. The summed E-state index contributed by atoms with van der Waals surface area (Å²) in [6.07, 6.45) is 0.960. The molecule has 0 radical (unpaired) electrons. The van der Waals surface area contributed by atoms with Crippen LogP contribution in [-0.2, 0) is 17.6 Å². The summed E-state index contributed by atoms with van der Waals surface area (Å²) in [6, 6.07) is 3.72. The van der Waals surface area contributed by atoms with E-state index in [0.717, 1.165) is 27.8 Å². The average molecular weight is 391 g/mol. The lowest BCUT2D eigenvalue weighted by Crippen LogP contribution is -2.38. The number of carbonyl (C=O) groups is 2. The summed E-state index contributed by atoms with van der Waals surface area (Å²) in [7, 11) is 5.45. The van der Waals surface area contributed by atoms with Crippen molar-refractivity contribution in [1.82, 2.24) is 4.90 Å². The molecule has 1 aromatic rings. The molecule has 146 valence electrons. The van der Waals surface area contributed by atoms with E-state index in [9.17, 15) is 9.59 Å². The molecule has 1 aliphatic rings. The van der Waals surface area contributed by atoms with Crippen molar-refractivity contribution in [3.63, 3.8) is 0 Å². The van der Waals surface area contributed by atoms with Gasteiger partial charge < -0.3 is 9.64 Å². The Kier molecular flexibility index (Phi) is 6.23. The molecule has 1 heterocycles. The van der Waals surface area contributed by atoms with Crippen molar-refractivity contribution >= 4 is 28.8 Å². The number of benzene rings is 1. The summed E-state index contributed by atoms with van der Waals surface area (Å²) >= 11 is 1.13. The predicted octanol–water partition coefficient (Wildman–Crippen LogP) is 4.49. The average Bonchev–Trinajstić information content (AvgIpc) is 2.75. The quantitative estimate of drug-likeness (QED) is 0.403. The van der Waals surface area contributed by atoms with Crippen molar-refractivity contribution in [1.29, 1.82) is 0 Å². The molecule has 6 nitrogen and oxygen atoms in total. The first-order valence-electron chi connectivity index (χ1n) is 8.96. The van der Waals surface area contributed by atoms with Crippen molar-refractivity contribution < 1.29 is 18.8 Å². The highest BCUT2D eigenvalue weighted by molar-refractivity contribution is 8.13. The van der Waals surface area contributed by atoms with Gasteiger partial charge in [-0.1, -0.05) is 12.1 Å². The van der Waals surface area contributed by atoms with E-state index in [4.69, 9.17) is 11.3 Å². The fourth-order valence-electron chi connectivity index (χ4n) is 2.71. The Balaban J connectivity index is 2.30. The van der Waals surface area contributed by atoms with E-state index in [2.05, 4.69) is 4.85 Å². The Morgan fingerprint density at radius 3 is 2.37 bits per heavy atom.